The first kappa shape index (κ1) is 13.8. The fourth-order valence-corrected chi connectivity index (χ4v) is 1.75. The van der Waals surface area contributed by atoms with Crippen LogP contribution < -0.4 is 4.74 Å². The molecule has 0 atom stereocenters. The predicted molar refractivity (Wildman–Crippen MR) is 71.4 cm³/mol. The third-order valence-corrected chi connectivity index (χ3v) is 2.79. The van der Waals surface area contributed by atoms with Crippen LogP contribution >= 0.6 is 0 Å². The largest absolute Gasteiger partial charge is 0.505 e. The van der Waals surface area contributed by atoms with Crippen molar-refractivity contribution in [2.24, 2.45) is 4.99 Å². The minimum absolute atomic E-state index is 0.131. The fraction of sp³-hybridized carbons (Fsp3) is 0.133. The summed E-state index contributed by atoms with van der Waals surface area (Å²) in [6.07, 6.45) is 1.48. The maximum absolute atomic E-state index is 13.3. The molecule has 0 saturated heterocycles. The van der Waals surface area contributed by atoms with E-state index >= 15 is 0 Å². The van der Waals surface area contributed by atoms with Crippen molar-refractivity contribution < 1.29 is 19.0 Å². The summed E-state index contributed by atoms with van der Waals surface area (Å²) in [6, 6.07) is 9.35. The molecule has 1 N–H and O–H groups in total. The van der Waals surface area contributed by atoms with Crippen LogP contribution in [0.1, 0.15) is 11.1 Å². The zero-order valence-electron chi connectivity index (χ0n) is 10.8. The molecule has 0 saturated carbocycles. The Kier molecular flexibility index (Phi) is 4.13. The van der Waals surface area contributed by atoms with Gasteiger partial charge in [0.25, 0.3) is 0 Å². The van der Waals surface area contributed by atoms with Gasteiger partial charge in [-0.1, -0.05) is 18.2 Å². The van der Waals surface area contributed by atoms with E-state index in [0.29, 0.717) is 22.6 Å². The number of phenols is 1. The van der Waals surface area contributed by atoms with E-state index < -0.39 is 11.6 Å². The molecule has 5 heteroatoms. The number of aryl methyl sites for hydroxylation is 1. The summed E-state index contributed by atoms with van der Waals surface area (Å²) in [6.45, 7) is 1.83. The van der Waals surface area contributed by atoms with Crippen molar-refractivity contribution >= 4 is 11.8 Å². The number of aromatic hydroxyl groups is 1. The van der Waals surface area contributed by atoms with Gasteiger partial charge in [0.15, 0.2) is 11.6 Å². The van der Waals surface area contributed by atoms with E-state index in [1.807, 2.05) is 0 Å². The van der Waals surface area contributed by atoms with Gasteiger partial charge in [-0.25, -0.2) is 9.18 Å². The van der Waals surface area contributed by atoms with Crippen LogP contribution in [0.25, 0.3) is 0 Å². The molecule has 0 bridgehead atoms. The molecule has 0 aromatic heterocycles. The molecule has 0 fully saturated rings. The lowest BCUT2D eigenvalue weighted by Crippen LogP contribution is -1.98. The number of hydrogen-bond acceptors (Lipinski definition) is 4. The second kappa shape index (κ2) is 5.99. The molecule has 2 aromatic rings. The maximum atomic E-state index is 13.3. The minimum Gasteiger partial charge on any atom is -0.505 e. The molecule has 0 amide bonds. The van der Waals surface area contributed by atoms with E-state index in [1.165, 1.54) is 12.1 Å². The number of halogens is 1. The standard InChI is InChI=1S/C15H12FNO3/c1-10-6-14(19)12(16)7-15(10)20-8-11-4-2-3-5-13(11)17-9-18/h2-7,19H,8H2,1H3. The highest BCUT2D eigenvalue weighted by atomic mass is 19.1. The van der Waals surface area contributed by atoms with Gasteiger partial charge in [0.2, 0.25) is 6.08 Å². The minimum atomic E-state index is -0.746. The first-order valence-corrected chi connectivity index (χ1v) is 5.89. The van der Waals surface area contributed by atoms with E-state index in [-0.39, 0.29) is 6.61 Å². The lowest BCUT2D eigenvalue weighted by atomic mass is 10.2. The normalized spacial score (nSPS) is 9.90. The molecule has 2 rings (SSSR count). The van der Waals surface area contributed by atoms with E-state index in [2.05, 4.69) is 4.99 Å². The Morgan fingerprint density at radius 1 is 1.35 bits per heavy atom. The van der Waals surface area contributed by atoms with Crippen LogP contribution in [-0.2, 0) is 11.4 Å². The van der Waals surface area contributed by atoms with Crippen LogP contribution in [0.4, 0.5) is 10.1 Å². The van der Waals surface area contributed by atoms with Crippen molar-refractivity contribution in [2.75, 3.05) is 0 Å². The predicted octanol–water partition coefficient (Wildman–Crippen LogP) is 3.39. The molecular formula is C15H12FNO3. The fourth-order valence-electron chi connectivity index (χ4n) is 1.75. The van der Waals surface area contributed by atoms with E-state index in [4.69, 9.17) is 4.74 Å². The van der Waals surface area contributed by atoms with E-state index in [9.17, 15) is 14.3 Å². The Morgan fingerprint density at radius 3 is 2.85 bits per heavy atom. The van der Waals surface area contributed by atoms with Gasteiger partial charge in [0, 0.05) is 11.6 Å². The third-order valence-electron chi connectivity index (χ3n) is 2.79. The molecule has 2 aromatic carbocycles. The summed E-state index contributed by atoms with van der Waals surface area (Å²) in [5.74, 6) is -0.837. The summed E-state index contributed by atoms with van der Waals surface area (Å²) in [4.78, 5) is 13.9. The zero-order valence-corrected chi connectivity index (χ0v) is 10.8. The summed E-state index contributed by atoms with van der Waals surface area (Å²) in [5.41, 5.74) is 1.75. The molecule has 102 valence electrons. The van der Waals surface area contributed by atoms with Crippen molar-refractivity contribution in [3.8, 4) is 11.5 Å². The van der Waals surface area contributed by atoms with Gasteiger partial charge in [-0.2, -0.15) is 4.99 Å². The lowest BCUT2D eigenvalue weighted by Gasteiger charge is -2.11. The first-order valence-electron chi connectivity index (χ1n) is 5.89. The highest BCUT2D eigenvalue weighted by molar-refractivity contribution is 5.53. The number of isocyanates is 1. The number of hydrogen-bond donors (Lipinski definition) is 1. The highest BCUT2D eigenvalue weighted by Gasteiger charge is 2.08. The highest BCUT2D eigenvalue weighted by Crippen LogP contribution is 2.28. The Bertz CT molecular complexity index is 679. The van der Waals surface area contributed by atoms with Gasteiger partial charge < -0.3 is 9.84 Å². The van der Waals surface area contributed by atoms with Crippen LogP contribution in [0.2, 0.25) is 0 Å². The molecular weight excluding hydrogens is 261 g/mol. The number of rotatable bonds is 4. The Hall–Kier alpha value is -2.65. The van der Waals surface area contributed by atoms with Crippen LogP contribution in [0, 0.1) is 12.7 Å². The smallest absolute Gasteiger partial charge is 0.240 e. The number of benzene rings is 2. The first-order chi connectivity index (χ1) is 9.61. The van der Waals surface area contributed by atoms with Gasteiger partial charge in [-0.05, 0) is 24.6 Å². The van der Waals surface area contributed by atoms with Gasteiger partial charge in [0.1, 0.15) is 12.4 Å². The molecule has 0 aliphatic carbocycles. The summed E-state index contributed by atoms with van der Waals surface area (Å²) in [7, 11) is 0. The van der Waals surface area contributed by atoms with Gasteiger partial charge in [-0.3, -0.25) is 0 Å². The number of nitrogens with zero attached hydrogens (tertiary/aromatic N) is 1. The summed E-state index contributed by atoms with van der Waals surface area (Å²) >= 11 is 0. The van der Waals surface area contributed by atoms with Crippen LogP contribution in [-0.4, -0.2) is 11.2 Å². The summed E-state index contributed by atoms with van der Waals surface area (Å²) in [5, 5.41) is 9.24. The molecule has 0 heterocycles. The van der Waals surface area contributed by atoms with Gasteiger partial charge in [-0.15, -0.1) is 0 Å². The van der Waals surface area contributed by atoms with E-state index in [1.54, 1.807) is 31.2 Å². The number of ether oxygens (including phenoxy) is 1. The topological polar surface area (TPSA) is 58.9 Å². The Labute approximate surface area is 115 Å². The van der Waals surface area contributed by atoms with Crippen molar-refractivity contribution in [3.05, 3.63) is 53.3 Å². The SMILES string of the molecule is Cc1cc(O)c(F)cc1OCc1ccccc1N=C=O. The average Bonchev–Trinajstić information content (AvgIpc) is 2.43. The zero-order chi connectivity index (χ0) is 14.5. The van der Waals surface area contributed by atoms with Crippen molar-refractivity contribution in [1.82, 2.24) is 0 Å². The van der Waals surface area contributed by atoms with E-state index in [0.717, 1.165) is 6.07 Å². The Balaban J connectivity index is 2.21. The Morgan fingerprint density at radius 2 is 2.10 bits per heavy atom. The average molecular weight is 273 g/mol. The summed E-state index contributed by atoms with van der Waals surface area (Å²) < 4.78 is 18.8. The molecule has 0 aliphatic rings. The second-order valence-corrected chi connectivity index (χ2v) is 4.19. The third kappa shape index (κ3) is 3.02. The quantitative estimate of drug-likeness (QED) is 0.686. The molecule has 0 unspecified atom stereocenters. The van der Waals surface area contributed by atoms with Crippen molar-refractivity contribution in [3.63, 3.8) is 0 Å². The van der Waals surface area contributed by atoms with Gasteiger partial charge in [0.05, 0.1) is 5.69 Å². The molecule has 0 aliphatic heterocycles. The monoisotopic (exact) mass is 273 g/mol. The lowest BCUT2D eigenvalue weighted by molar-refractivity contribution is 0.301. The molecule has 0 spiro atoms. The van der Waals surface area contributed by atoms with Crippen LogP contribution in [0.15, 0.2) is 41.4 Å². The number of carbonyl (C=O) groups excluding carboxylic acids is 1. The molecule has 20 heavy (non-hydrogen) atoms. The van der Waals surface area contributed by atoms with Crippen LogP contribution in [0.3, 0.4) is 0 Å². The number of aliphatic imine (C=N–C) groups is 1. The van der Waals surface area contributed by atoms with Gasteiger partial charge >= 0.3 is 0 Å². The number of phenolic OH excluding ortho intramolecular Hbond substituents is 1. The maximum Gasteiger partial charge on any atom is 0.240 e. The van der Waals surface area contributed by atoms with Crippen molar-refractivity contribution in [1.29, 1.82) is 0 Å². The second-order valence-electron chi connectivity index (χ2n) is 4.19. The molecule has 4 nitrogen and oxygen atoms in total. The van der Waals surface area contributed by atoms with Crippen LogP contribution in [0.5, 0.6) is 11.5 Å². The molecule has 0 radical (unpaired) electrons. The number of para-hydroxylation sites is 1. The van der Waals surface area contributed by atoms with Crippen molar-refractivity contribution in [2.45, 2.75) is 13.5 Å².